The van der Waals surface area contributed by atoms with Crippen LogP contribution in [0.4, 0.5) is 4.79 Å². The molecule has 0 aliphatic heterocycles. The number of carbonyl (C=O) groups excluding carboxylic acids is 2. The van der Waals surface area contributed by atoms with Crippen LogP contribution in [0, 0.1) is 6.92 Å². The average molecular weight is 349 g/mol. The lowest BCUT2D eigenvalue weighted by Crippen LogP contribution is -2.40. The fraction of sp³-hybridized carbons (Fsp3) is 0.312. The largest absolute Gasteiger partial charge is 0.338 e. The molecule has 3 amide bonds. The summed E-state index contributed by atoms with van der Waals surface area (Å²) in [5.41, 5.74) is 3.16. The minimum Gasteiger partial charge on any atom is -0.338 e. The summed E-state index contributed by atoms with van der Waals surface area (Å²) >= 11 is 2.82. The first kappa shape index (κ1) is 17.5. The number of aromatic nitrogens is 1. The molecule has 0 aliphatic carbocycles. The van der Waals surface area contributed by atoms with Crippen molar-refractivity contribution in [2.75, 3.05) is 12.3 Å². The molecule has 0 saturated carbocycles. The highest BCUT2D eigenvalue weighted by Gasteiger charge is 2.10. The first-order chi connectivity index (χ1) is 11.1. The van der Waals surface area contributed by atoms with Crippen LogP contribution >= 0.6 is 23.1 Å². The number of thioether (sulfide) groups is 1. The van der Waals surface area contributed by atoms with Gasteiger partial charge in [0.15, 0.2) is 4.34 Å². The van der Waals surface area contributed by atoms with Crippen LogP contribution in [-0.4, -0.2) is 29.2 Å². The summed E-state index contributed by atoms with van der Waals surface area (Å²) in [5, 5.41) is 6.87. The molecule has 2 aromatic rings. The number of benzene rings is 1. The molecule has 1 heterocycles. The summed E-state index contributed by atoms with van der Waals surface area (Å²) in [7, 11) is 0. The van der Waals surface area contributed by atoms with Gasteiger partial charge in [0.05, 0.1) is 11.4 Å². The van der Waals surface area contributed by atoms with E-state index in [0.717, 1.165) is 22.0 Å². The minimum absolute atomic E-state index is 0.167. The molecule has 5 nitrogen and oxygen atoms in total. The lowest BCUT2D eigenvalue weighted by molar-refractivity contribution is -0.117. The Balaban J connectivity index is 1.84. The standard InChI is InChI=1S/C16H19N3O2S2/c1-3-8-17-15(21)19-14(20)10-23-16-18-13(9-22-16)12-6-4-11(2)5-7-12/h4-7,9H,3,8,10H2,1-2H3,(H2,17,19,20,21). The van der Waals surface area contributed by atoms with E-state index in [9.17, 15) is 9.59 Å². The van der Waals surface area contributed by atoms with Crippen molar-refractivity contribution in [1.82, 2.24) is 15.6 Å². The van der Waals surface area contributed by atoms with Crippen LogP contribution < -0.4 is 10.6 Å². The molecule has 1 aromatic heterocycles. The van der Waals surface area contributed by atoms with Gasteiger partial charge in [-0.15, -0.1) is 11.3 Å². The number of nitrogens with one attached hydrogen (secondary N) is 2. The molecular weight excluding hydrogens is 330 g/mol. The predicted molar refractivity (Wildman–Crippen MR) is 94.8 cm³/mol. The van der Waals surface area contributed by atoms with Crippen molar-refractivity contribution in [2.45, 2.75) is 24.6 Å². The maximum Gasteiger partial charge on any atom is 0.321 e. The van der Waals surface area contributed by atoms with Crippen LogP contribution in [0.15, 0.2) is 34.0 Å². The zero-order valence-corrected chi connectivity index (χ0v) is 14.7. The van der Waals surface area contributed by atoms with Gasteiger partial charge in [-0.05, 0) is 13.3 Å². The number of carbonyl (C=O) groups is 2. The first-order valence-corrected chi connectivity index (χ1v) is 9.18. The molecule has 0 aliphatic rings. The number of rotatable bonds is 6. The van der Waals surface area contributed by atoms with Crippen LogP contribution in [0.2, 0.25) is 0 Å². The van der Waals surface area contributed by atoms with Gasteiger partial charge in [-0.25, -0.2) is 9.78 Å². The number of nitrogens with zero attached hydrogens (tertiary/aromatic N) is 1. The van der Waals surface area contributed by atoms with Gasteiger partial charge < -0.3 is 5.32 Å². The molecule has 0 spiro atoms. The second-order valence-corrected chi connectivity index (χ2v) is 7.04. The van der Waals surface area contributed by atoms with Crippen molar-refractivity contribution >= 4 is 35.0 Å². The first-order valence-electron chi connectivity index (χ1n) is 7.31. The summed E-state index contributed by atoms with van der Waals surface area (Å²) in [4.78, 5) is 27.6. The van der Waals surface area contributed by atoms with E-state index in [1.165, 1.54) is 28.7 Å². The molecule has 0 radical (unpaired) electrons. The van der Waals surface area contributed by atoms with E-state index in [0.29, 0.717) is 6.54 Å². The number of imide groups is 1. The molecule has 23 heavy (non-hydrogen) atoms. The average Bonchev–Trinajstić information content (AvgIpc) is 3.00. The highest BCUT2D eigenvalue weighted by molar-refractivity contribution is 8.01. The number of hydrogen-bond donors (Lipinski definition) is 2. The molecule has 0 bridgehead atoms. The Labute approximate surface area is 143 Å². The van der Waals surface area contributed by atoms with Crippen molar-refractivity contribution in [3.05, 3.63) is 35.2 Å². The third-order valence-corrected chi connectivity index (χ3v) is 4.97. The van der Waals surface area contributed by atoms with E-state index in [-0.39, 0.29) is 11.7 Å². The molecule has 0 unspecified atom stereocenters. The SMILES string of the molecule is CCCNC(=O)NC(=O)CSc1nc(-c2ccc(C)cc2)cs1. The maximum absolute atomic E-state index is 11.7. The second-order valence-electron chi connectivity index (χ2n) is 4.96. The molecule has 1 aromatic carbocycles. The van der Waals surface area contributed by atoms with E-state index in [4.69, 9.17) is 0 Å². The molecule has 7 heteroatoms. The number of hydrogen-bond acceptors (Lipinski definition) is 5. The predicted octanol–water partition coefficient (Wildman–Crippen LogP) is 3.45. The third-order valence-electron chi connectivity index (χ3n) is 2.95. The van der Waals surface area contributed by atoms with Crippen LogP contribution in [-0.2, 0) is 4.79 Å². The van der Waals surface area contributed by atoms with Gasteiger partial charge in [0, 0.05) is 17.5 Å². The van der Waals surface area contributed by atoms with Crippen molar-refractivity contribution in [2.24, 2.45) is 0 Å². The smallest absolute Gasteiger partial charge is 0.321 e. The fourth-order valence-corrected chi connectivity index (χ4v) is 3.39. The van der Waals surface area contributed by atoms with Crippen molar-refractivity contribution < 1.29 is 9.59 Å². The van der Waals surface area contributed by atoms with E-state index in [2.05, 4.69) is 15.6 Å². The van der Waals surface area contributed by atoms with E-state index >= 15 is 0 Å². The van der Waals surface area contributed by atoms with Gasteiger partial charge in [-0.3, -0.25) is 10.1 Å². The summed E-state index contributed by atoms with van der Waals surface area (Å²) in [5.74, 6) is -0.156. The van der Waals surface area contributed by atoms with E-state index in [1.807, 2.05) is 43.5 Å². The van der Waals surface area contributed by atoms with Crippen molar-refractivity contribution in [3.8, 4) is 11.3 Å². The normalized spacial score (nSPS) is 10.3. The Kier molecular flexibility index (Phi) is 6.61. The van der Waals surface area contributed by atoms with Crippen LogP contribution in [0.5, 0.6) is 0 Å². The second kappa shape index (κ2) is 8.69. The quantitative estimate of drug-likeness (QED) is 0.784. The van der Waals surface area contributed by atoms with Gasteiger partial charge in [0.2, 0.25) is 5.91 Å². The number of urea groups is 1. The molecule has 2 rings (SSSR count). The minimum atomic E-state index is -0.447. The van der Waals surface area contributed by atoms with Gasteiger partial charge in [-0.1, -0.05) is 48.5 Å². The Morgan fingerprint density at radius 2 is 2.00 bits per heavy atom. The van der Waals surface area contributed by atoms with Gasteiger partial charge >= 0.3 is 6.03 Å². The Morgan fingerprint density at radius 1 is 1.26 bits per heavy atom. The summed E-state index contributed by atoms with van der Waals surface area (Å²) in [6.45, 7) is 4.55. The Bertz CT molecular complexity index is 668. The topological polar surface area (TPSA) is 71.1 Å². The van der Waals surface area contributed by atoms with E-state index < -0.39 is 6.03 Å². The summed E-state index contributed by atoms with van der Waals surface area (Å²) in [6.07, 6.45) is 0.831. The lowest BCUT2D eigenvalue weighted by atomic mass is 10.1. The Morgan fingerprint density at radius 3 is 2.70 bits per heavy atom. The summed E-state index contributed by atoms with van der Waals surface area (Å²) < 4.78 is 0.810. The van der Waals surface area contributed by atoms with Gasteiger partial charge in [0.1, 0.15) is 0 Å². The van der Waals surface area contributed by atoms with Crippen LogP contribution in [0.3, 0.4) is 0 Å². The van der Waals surface area contributed by atoms with Crippen LogP contribution in [0.25, 0.3) is 11.3 Å². The highest BCUT2D eigenvalue weighted by Crippen LogP contribution is 2.28. The van der Waals surface area contributed by atoms with Crippen molar-refractivity contribution in [3.63, 3.8) is 0 Å². The monoisotopic (exact) mass is 349 g/mol. The van der Waals surface area contributed by atoms with Crippen molar-refractivity contribution in [1.29, 1.82) is 0 Å². The summed E-state index contributed by atoms with van der Waals surface area (Å²) in [6, 6.07) is 7.71. The zero-order valence-electron chi connectivity index (χ0n) is 13.1. The fourth-order valence-electron chi connectivity index (χ4n) is 1.75. The molecule has 0 saturated heterocycles. The van der Waals surface area contributed by atoms with Gasteiger partial charge in [-0.2, -0.15) is 0 Å². The van der Waals surface area contributed by atoms with Crippen LogP contribution in [0.1, 0.15) is 18.9 Å². The zero-order chi connectivity index (χ0) is 16.7. The Hall–Kier alpha value is -1.86. The van der Waals surface area contributed by atoms with E-state index in [1.54, 1.807) is 0 Å². The molecule has 122 valence electrons. The number of aryl methyl sites for hydroxylation is 1. The third kappa shape index (κ3) is 5.69. The number of amides is 3. The molecule has 2 N–H and O–H groups in total. The highest BCUT2D eigenvalue weighted by atomic mass is 32.2. The maximum atomic E-state index is 11.7. The molecular formula is C16H19N3O2S2. The lowest BCUT2D eigenvalue weighted by Gasteiger charge is -2.04. The van der Waals surface area contributed by atoms with Gasteiger partial charge in [0.25, 0.3) is 0 Å². The number of thiazole rings is 1. The molecule has 0 atom stereocenters. The molecule has 0 fully saturated rings.